The molecule has 88 valence electrons. The SMILES string of the molecule is C=CCNc1nc(F)nc(OC(F)(F)F)n1. The Morgan fingerprint density at radius 1 is 1.31 bits per heavy atom. The number of nitrogens with one attached hydrogen (secondary N) is 1. The summed E-state index contributed by atoms with van der Waals surface area (Å²) in [5, 5.41) is 2.39. The van der Waals surface area contributed by atoms with E-state index in [-0.39, 0.29) is 12.5 Å². The molecular weight excluding hydrogens is 232 g/mol. The number of nitrogens with zero attached hydrogens (tertiary/aromatic N) is 3. The van der Waals surface area contributed by atoms with Gasteiger partial charge in [0.1, 0.15) is 0 Å². The first kappa shape index (κ1) is 12.1. The monoisotopic (exact) mass is 238 g/mol. The minimum Gasteiger partial charge on any atom is -0.370 e. The highest BCUT2D eigenvalue weighted by molar-refractivity contribution is 5.25. The van der Waals surface area contributed by atoms with Crippen LogP contribution in [0.4, 0.5) is 23.5 Å². The van der Waals surface area contributed by atoms with Crippen LogP contribution in [0.5, 0.6) is 6.01 Å². The van der Waals surface area contributed by atoms with Crippen molar-refractivity contribution in [1.82, 2.24) is 15.0 Å². The molecule has 0 aromatic carbocycles. The Hall–Kier alpha value is -1.93. The molecule has 1 heterocycles. The second kappa shape index (κ2) is 4.73. The first-order valence-electron chi connectivity index (χ1n) is 3.93. The first-order chi connectivity index (χ1) is 7.40. The summed E-state index contributed by atoms with van der Waals surface area (Å²) >= 11 is 0. The fourth-order valence-electron chi connectivity index (χ4n) is 0.724. The molecule has 0 radical (unpaired) electrons. The molecule has 1 N–H and O–H groups in total. The Morgan fingerprint density at radius 3 is 2.56 bits per heavy atom. The van der Waals surface area contributed by atoms with Crippen molar-refractivity contribution in [2.45, 2.75) is 6.36 Å². The molecule has 0 aliphatic carbocycles. The molecule has 9 heteroatoms. The molecular formula is C7H6F4N4O. The molecule has 0 aliphatic heterocycles. The van der Waals surface area contributed by atoms with Crippen molar-refractivity contribution in [1.29, 1.82) is 0 Å². The molecule has 1 aromatic rings. The molecule has 0 aliphatic rings. The van der Waals surface area contributed by atoms with E-state index in [1.807, 2.05) is 0 Å². The number of halogens is 4. The van der Waals surface area contributed by atoms with Crippen LogP contribution >= 0.6 is 0 Å². The summed E-state index contributed by atoms with van der Waals surface area (Å²) in [7, 11) is 0. The van der Waals surface area contributed by atoms with E-state index in [2.05, 4.69) is 31.6 Å². The lowest BCUT2D eigenvalue weighted by Gasteiger charge is -2.07. The maximum atomic E-state index is 12.7. The Balaban J connectivity index is 2.85. The molecule has 0 unspecified atom stereocenters. The summed E-state index contributed by atoms with van der Waals surface area (Å²) in [6.45, 7) is 3.50. The van der Waals surface area contributed by atoms with E-state index >= 15 is 0 Å². The smallest absolute Gasteiger partial charge is 0.370 e. The third-order valence-corrected chi connectivity index (χ3v) is 1.20. The standard InChI is InChI=1S/C7H6F4N4O/c1-2-3-12-5-13-4(8)14-6(15-5)16-7(9,10)11/h2H,1,3H2,(H,12,13,14,15). The van der Waals surface area contributed by atoms with Gasteiger partial charge in [-0.2, -0.15) is 14.4 Å². The number of alkyl halides is 3. The summed E-state index contributed by atoms with van der Waals surface area (Å²) in [6, 6.07) is -1.16. The van der Waals surface area contributed by atoms with Crippen molar-refractivity contribution in [2.24, 2.45) is 0 Å². The van der Waals surface area contributed by atoms with Gasteiger partial charge < -0.3 is 10.1 Å². The van der Waals surface area contributed by atoms with Crippen LogP contribution in [0.3, 0.4) is 0 Å². The quantitative estimate of drug-likeness (QED) is 0.636. The van der Waals surface area contributed by atoms with E-state index in [0.717, 1.165) is 0 Å². The van der Waals surface area contributed by atoms with Gasteiger partial charge in [0, 0.05) is 6.54 Å². The molecule has 0 atom stereocenters. The third kappa shape index (κ3) is 4.07. The Bertz CT molecular complexity index is 381. The predicted molar refractivity (Wildman–Crippen MR) is 45.2 cm³/mol. The van der Waals surface area contributed by atoms with Crippen LogP contribution in [-0.4, -0.2) is 27.9 Å². The zero-order chi connectivity index (χ0) is 12.2. The van der Waals surface area contributed by atoms with Crippen LogP contribution < -0.4 is 10.1 Å². The van der Waals surface area contributed by atoms with Gasteiger partial charge in [0.05, 0.1) is 0 Å². The lowest BCUT2D eigenvalue weighted by atomic mass is 10.6. The Morgan fingerprint density at radius 2 is 2.00 bits per heavy atom. The van der Waals surface area contributed by atoms with Crippen molar-refractivity contribution in [2.75, 3.05) is 11.9 Å². The van der Waals surface area contributed by atoms with Crippen LogP contribution in [0, 0.1) is 6.08 Å². The largest absolute Gasteiger partial charge is 0.575 e. The van der Waals surface area contributed by atoms with Crippen LogP contribution in [-0.2, 0) is 0 Å². The van der Waals surface area contributed by atoms with E-state index in [9.17, 15) is 17.6 Å². The van der Waals surface area contributed by atoms with Crippen molar-refractivity contribution in [3.63, 3.8) is 0 Å². The predicted octanol–water partition coefficient (Wildman–Crippen LogP) is 1.51. The van der Waals surface area contributed by atoms with Gasteiger partial charge in [0.2, 0.25) is 5.95 Å². The van der Waals surface area contributed by atoms with E-state index in [4.69, 9.17) is 0 Å². The molecule has 0 saturated carbocycles. The second-order valence-corrected chi connectivity index (χ2v) is 2.43. The number of ether oxygens (including phenoxy) is 1. The number of anilines is 1. The van der Waals surface area contributed by atoms with Gasteiger partial charge in [-0.15, -0.1) is 24.7 Å². The zero-order valence-corrected chi connectivity index (χ0v) is 7.75. The molecule has 1 rings (SSSR count). The van der Waals surface area contributed by atoms with Crippen molar-refractivity contribution < 1.29 is 22.3 Å². The zero-order valence-electron chi connectivity index (χ0n) is 7.75. The second-order valence-electron chi connectivity index (χ2n) is 2.43. The maximum absolute atomic E-state index is 12.7. The molecule has 0 fully saturated rings. The summed E-state index contributed by atoms with van der Waals surface area (Å²) in [5.41, 5.74) is 0. The number of hydrogen-bond acceptors (Lipinski definition) is 5. The van der Waals surface area contributed by atoms with Gasteiger partial charge in [0.25, 0.3) is 0 Å². The van der Waals surface area contributed by atoms with Gasteiger partial charge >= 0.3 is 18.5 Å². The highest BCUT2D eigenvalue weighted by Gasteiger charge is 2.33. The van der Waals surface area contributed by atoms with Gasteiger partial charge in [0.15, 0.2) is 0 Å². The van der Waals surface area contributed by atoms with Crippen LogP contribution in [0.2, 0.25) is 0 Å². The lowest BCUT2D eigenvalue weighted by Crippen LogP contribution is -2.20. The van der Waals surface area contributed by atoms with Crippen LogP contribution in [0.25, 0.3) is 0 Å². The minimum absolute atomic E-state index is 0.162. The third-order valence-electron chi connectivity index (χ3n) is 1.20. The molecule has 0 spiro atoms. The highest BCUT2D eigenvalue weighted by atomic mass is 19.4. The fourth-order valence-corrected chi connectivity index (χ4v) is 0.724. The van der Waals surface area contributed by atoms with E-state index in [1.165, 1.54) is 6.08 Å². The number of aromatic nitrogens is 3. The van der Waals surface area contributed by atoms with Crippen LogP contribution in [0.1, 0.15) is 0 Å². The fraction of sp³-hybridized carbons (Fsp3) is 0.286. The first-order valence-corrected chi connectivity index (χ1v) is 3.93. The summed E-state index contributed by atoms with van der Waals surface area (Å²) in [6.07, 6.45) is -4.96. The topological polar surface area (TPSA) is 59.9 Å². The molecule has 16 heavy (non-hydrogen) atoms. The molecule has 0 saturated heterocycles. The normalized spacial score (nSPS) is 11.0. The maximum Gasteiger partial charge on any atom is 0.575 e. The Kier molecular flexibility index (Phi) is 3.59. The molecule has 0 amide bonds. The molecule has 0 bridgehead atoms. The molecule has 1 aromatic heterocycles. The van der Waals surface area contributed by atoms with Crippen LogP contribution in [0.15, 0.2) is 12.7 Å². The van der Waals surface area contributed by atoms with E-state index < -0.39 is 18.5 Å². The van der Waals surface area contributed by atoms with E-state index in [1.54, 1.807) is 0 Å². The van der Waals surface area contributed by atoms with Gasteiger partial charge in [-0.05, 0) is 0 Å². The lowest BCUT2D eigenvalue weighted by molar-refractivity contribution is -0.277. The summed E-state index contributed by atoms with van der Waals surface area (Å²) in [4.78, 5) is 9.03. The number of rotatable bonds is 4. The van der Waals surface area contributed by atoms with Crippen molar-refractivity contribution in [3.8, 4) is 6.01 Å². The summed E-state index contributed by atoms with van der Waals surface area (Å²) < 4.78 is 51.3. The highest BCUT2D eigenvalue weighted by Crippen LogP contribution is 2.19. The minimum atomic E-state index is -4.98. The van der Waals surface area contributed by atoms with Gasteiger partial charge in [-0.1, -0.05) is 6.08 Å². The van der Waals surface area contributed by atoms with Gasteiger partial charge in [-0.3, -0.25) is 0 Å². The average molecular weight is 238 g/mol. The number of hydrogen-bond donors (Lipinski definition) is 1. The molecule has 5 nitrogen and oxygen atoms in total. The van der Waals surface area contributed by atoms with E-state index in [0.29, 0.717) is 0 Å². The summed E-state index contributed by atoms with van der Waals surface area (Å²) in [5.74, 6) is -0.369. The van der Waals surface area contributed by atoms with Crippen molar-refractivity contribution >= 4 is 5.95 Å². The Labute approximate surface area is 87.2 Å². The van der Waals surface area contributed by atoms with Crippen molar-refractivity contribution in [3.05, 3.63) is 18.7 Å². The van der Waals surface area contributed by atoms with Gasteiger partial charge in [-0.25, -0.2) is 0 Å². The average Bonchev–Trinajstić information content (AvgIpc) is 2.10.